The van der Waals surface area contributed by atoms with E-state index in [4.69, 9.17) is 38.2 Å². The SMILES string of the molecule is CNC(=O)COC1CCCCCC2=C1NNN2CCOCCOCCOCCOCCOCCP(=O)(O)O. The zero-order valence-electron chi connectivity index (χ0n) is 22.4. The Balaban J connectivity index is 1.45. The largest absolute Gasteiger partial charge is 0.378 e. The summed E-state index contributed by atoms with van der Waals surface area (Å²) in [4.78, 5) is 29.0. The fraction of sp³-hybridized carbons (Fsp3) is 0.870. The lowest BCUT2D eigenvalue weighted by atomic mass is 9.99. The van der Waals surface area contributed by atoms with Crippen LogP contribution < -0.4 is 16.3 Å². The van der Waals surface area contributed by atoms with Gasteiger partial charge in [0.25, 0.3) is 0 Å². The van der Waals surface area contributed by atoms with Crippen LogP contribution in [0.4, 0.5) is 0 Å². The molecule has 0 saturated heterocycles. The number of nitrogens with zero attached hydrogens (tertiary/aromatic N) is 1. The highest BCUT2D eigenvalue weighted by Gasteiger charge is 2.29. The Morgan fingerprint density at radius 1 is 0.921 bits per heavy atom. The molecule has 1 unspecified atom stereocenters. The van der Waals surface area contributed by atoms with Gasteiger partial charge >= 0.3 is 7.60 Å². The fourth-order valence-corrected chi connectivity index (χ4v) is 4.19. The van der Waals surface area contributed by atoms with Gasteiger partial charge in [0.05, 0.1) is 90.2 Å². The maximum absolute atomic E-state index is 11.6. The van der Waals surface area contributed by atoms with Crippen LogP contribution in [0.25, 0.3) is 0 Å². The number of likely N-dealkylation sites (N-methyl/N-ethyl adjacent to an activating group) is 1. The molecule has 0 spiro atoms. The highest BCUT2D eigenvalue weighted by Crippen LogP contribution is 2.33. The molecular formula is C23H45N4O10P. The van der Waals surface area contributed by atoms with Gasteiger partial charge in [-0.1, -0.05) is 12.8 Å². The quantitative estimate of drug-likeness (QED) is 0.0918. The van der Waals surface area contributed by atoms with Gasteiger partial charge in [0.1, 0.15) is 12.7 Å². The predicted octanol–water partition coefficient (Wildman–Crippen LogP) is -0.121. The molecule has 38 heavy (non-hydrogen) atoms. The van der Waals surface area contributed by atoms with E-state index in [2.05, 4.69) is 21.3 Å². The normalized spacial score (nSPS) is 18.2. The molecule has 222 valence electrons. The van der Waals surface area contributed by atoms with Gasteiger partial charge in [-0.3, -0.25) is 14.4 Å². The molecule has 1 heterocycles. The maximum atomic E-state index is 11.6. The smallest absolute Gasteiger partial charge is 0.327 e. The van der Waals surface area contributed by atoms with E-state index in [1.807, 2.05) is 0 Å². The Morgan fingerprint density at radius 3 is 2.08 bits per heavy atom. The van der Waals surface area contributed by atoms with Crippen LogP contribution >= 0.6 is 7.60 Å². The van der Waals surface area contributed by atoms with Gasteiger partial charge in [0.2, 0.25) is 5.91 Å². The van der Waals surface area contributed by atoms with Crippen molar-refractivity contribution >= 4 is 13.5 Å². The number of rotatable bonds is 21. The first-order valence-electron chi connectivity index (χ1n) is 13.2. The summed E-state index contributed by atoms with van der Waals surface area (Å²) in [7, 11) is -2.40. The summed E-state index contributed by atoms with van der Waals surface area (Å²) < 4.78 is 43.6. The number of nitrogens with one attached hydrogen (secondary N) is 3. The van der Waals surface area contributed by atoms with Gasteiger partial charge in [-0.15, -0.1) is 5.53 Å². The molecule has 5 N–H and O–H groups in total. The van der Waals surface area contributed by atoms with Crippen LogP contribution in [0.15, 0.2) is 11.4 Å². The number of allylic oxidation sites excluding steroid dienone is 1. The second-order valence-corrected chi connectivity index (χ2v) is 10.5. The van der Waals surface area contributed by atoms with E-state index >= 15 is 0 Å². The fourth-order valence-electron chi connectivity index (χ4n) is 3.82. The molecule has 2 aliphatic rings. The van der Waals surface area contributed by atoms with Gasteiger partial charge in [-0.25, -0.2) is 0 Å². The summed E-state index contributed by atoms with van der Waals surface area (Å²) in [6.45, 7) is 4.57. The van der Waals surface area contributed by atoms with Crippen molar-refractivity contribution in [3.63, 3.8) is 0 Å². The molecule has 0 saturated carbocycles. The summed E-state index contributed by atoms with van der Waals surface area (Å²) in [6, 6.07) is 0. The summed E-state index contributed by atoms with van der Waals surface area (Å²) in [5.74, 6) is -0.133. The summed E-state index contributed by atoms with van der Waals surface area (Å²) in [6.07, 6.45) is 4.71. The molecule has 14 nitrogen and oxygen atoms in total. The Hall–Kier alpha value is -1.32. The highest BCUT2D eigenvalue weighted by atomic mass is 31.2. The lowest BCUT2D eigenvalue weighted by molar-refractivity contribution is -0.126. The number of amides is 1. The third-order valence-electron chi connectivity index (χ3n) is 5.83. The Bertz CT molecular complexity index is 739. The zero-order valence-corrected chi connectivity index (χ0v) is 23.3. The Morgan fingerprint density at radius 2 is 1.50 bits per heavy atom. The number of ether oxygens (including phenoxy) is 6. The minimum absolute atomic E-state index is 0.00785. The van der Waals surface area contributed by atoms with Gasteiger partial charge in [0.15, 0.2) is 0 Å². The minimum atomic E-state index is -4.00. The first kappa shape index (κ1) is 32.9. The summed E-state index contributed by atoms with van der Waals surface area (Å²) >= 11 is 0. The van der Waals surface area contributed by atoms with E-state index < -0.39 is 7.60 Å². The van der Waals surface area contributed by atoms with Crippen molar-refractivity contribution in [3.05, 3.63) is 11.4 Å². The monoisotopic (exact) mass is 568 g/mol. The molecule has 15 heteroatoms. The van der Waals surface area contributed by atoms with E-state index in [1.165, 1.54) is 5.70 Å². The van der Waals surface area contributed by atoms with E-state index in [9.17, 15) is 9.36 Å². The lowest BCUT2D eigenvalue weighted by Gasteiger charge is -2.24. The number of hydrogen-bond acceptors (Lipinski definition) is 11. The van der Waals surface area contributed by atoms with Crippen molar-refractivity contribution in [2.24, 2.45) is 0 Å². The van der Waals surface area contributed by atoms with Gasteiger partial charge < -0.3 is 49.0 Å². The third-order valence-corrected chi connectivity index (χ3v) is 6.60. The van der Waals surface area contributed by atoms with Crippen molar-refractivity contribution in [1.29, 1.82) is 0 Å². The first-order chi connectivity index (χ1) is 18.4. The molecule has 0 radical (unpaired) electrons. The standard InChI is InChI=1S/C23H45N4O10P/c1-24-22(28)19-37-21-6-4-2-3-5-20-23(21)25-26-27(20)7-8-32-9-10-33-11-12-34-13-14-35-15-16-36-17-18-38(29,30)31/h21,25-26H,2-19H2,1H3,(H,24,28)(H2,29,30,31). The van der Waals surface area contributed by atoms with E-state index in [0.29, 0.717) is 59.4 Å². The Labute approximate surface area is 224 Å². The average Bonchev–Trinajstić information content (AvgIpc) is 3.26. The van der Waals surface area contributed by atoms with Crippen molar-refractivity contribution in [1.82, 2.24) is 21.3 Å². The minimum Gasteiger partial charge on any atom is -0.378 e. The molecule has 1 aliphatic heterocycles. The molecule has 1 aliphatic carbocycles. The molecule has 2 rings (SSSR count). The lowest BCUT2D eigenvalue weighted by Crippen LogP contribution is -2.40. The molecule has 0 fully saturated rings. The molecule has 0 bridgehead atoms. The van der Waals surface area contributed by atoms with Gasteiger partial charge in [-0.2, -0.15) is 0 Å². The number of carbonyl (C=O) groups is 1. The third kappa shape index (κ3) is 14.7. The highest BCUT2D eigenvalue weighted by molar-refractivity contribution is 7.51. The second kappa shape index (κ2) is 19.7. The van der Waals surface area contributed by atoms with E-state index in [0.717, 1.165) is 37.8 Å². The number of hydrogen-bond donors (Lipinski definition) is 5. The summed E-state index contributed by atoms with van der Waals surface area (Å²) in [5, 5.41) is 4.65. The van der Waals surface area contributed by atoms with Crippen molar-refractivity contribution in [2.75, 3.05) is 92.4 Å². The van der Waals surface area contributed by atoms with Gasteiger partial charge in [0, 0.05) is 7.05 Å². The molecule has 0 aromatic carbocycles. The van der Waals surface area contributed by atoms with E-state index in [-0.39, 0.29) is 38.0 Å². The predicted molar refractivity (Wildman–Crippen MR) is 138 cm³/mol. The molecular weight excluding hydrogens is 523 g/mol. The molecule has 0 aromatic rings. The van der Waals surface area contributed by atoms with Gasteiger partial charge in [-0.05, 0) is 19.3 Å². The van der Waals surface area contributed by atoms with E-state index in [1.54, 1.807) is 7.05 Å². The van der Waals surface area contributed by atoms with Crippen LogP contribution in [0, 0.1) is 0 Å². The topological polar surface area (TPSA) is 169 Å². The van der Waals surface area contributed by atoms with Crippen LogP contribution in [-0.4, -0.2) is 119 Å². The van der Waals surface area contributed by atoms with Crippen LogP contribution in [0.1, 0.15) is 32.1 Å². The van der Waals surface area contributed by atoms with Crippen LogP contribution in [-0.2, 0) is 37.8 Å². The van der Waals surface area contributed by atoms with Crippen molar-refractivity contribution in [2.45, 2.75) is 38.2 Å². The van der Waals surface area contributed by atoms with Crippen LogP contribution in [0.2, 0.25) is 0 Å². The maximum Gasteiger partial charge on any atom is 0.327 e. The Kier molecular flexibility index (Phi) is 17.0. The van der Waals surface area contributed by atoms with Crippen LogP contribution in [0.3, 0.4) is 0 Å². The second-order valence-electron chi connectivity index (χ2n) is 8.77. The van der Waals surface area contributed by atoms with Crippen molar-refractivity contribution in [3.8, 4) is 0 Å². The molecule has 1 atom stereocenters. The number of carbonyl (C=O) groups excluding carboxylic acids is 1. The summed E-state index contributed by atoms with van der Waals surface area (Å²) in [5.41, 5.74) is 8.62. The molecule has 1 amide bonds. The molecule has 0 aromatic heterocycles. The number of hydrazine groups is 2. The first-order valence-corrected chi connectivity index (χ1v) is 15.0. The zero-order chi connectivity index (χ0) is 27.5. The van der Waals surface area contributed by atoms with Crippen LogP contribution in [0.5, 0.6) is 0 Å². The van der Waals surface area contributed by atoms with Crippen molar-refractivity contribution < 1.29 is 47.6 Å². The average molecular weight is 569 g/mol.